The van der Waals surface area contributed by atoms with Gasteiger partial charge in [0.15, 0.2) is 11.5 Å². The van der Waals surface area contributed by atoms with E-state index >= 15 is 0 Å². The Morgan fingerprint density at radius 3 is 2.95 bits per heavy atom. The van der Waals surface area contributed by atoms with Gasteiger partial charge in [0.2, 0.25) is 5.95 Å². The molecule has 1 aromatic carbocycles. The number of rotatable bonds is 2. The predicted molar refractivity (Wildman–Crippen MR) is 83.3 cm³/mol. The lowest BCUT2D eigenvalue weighted by Crippen LogP contribution is -2.02. The molecule has 0 atom stereocenters. The molecule has 0 spiro atoms. The van der Waals surface area contributed by atoms with Gasteiger partial charge >= 0.3 is 0 Å². The number of nitrogens with two attached hydrogens (primary N) is 1. The molecule has 20 heavy (non-hydrogen) atoms. The summed E-state index contributed by atoms with van der Waals surface area (Å²) in [5.74, 6) is 0.701. The van der Waals surface area contributed by atoms with Gasteiger partial charge in [0.05, 0.1) is 12.0 Å². The Kier molecular flexibility index (Phi) is 3.23. The van der Waals surface area contributed by atoms with E-state index < -0.39 is 0 Å². The molecule has 8 heteroatoms. The van der Waals surface area contributed by atoms with E-state index in [1.807, 2.05) is 19.1 Å². The normalized spacial score (nSPS) is 10.9. The van der Waals surface area contributed by atoms with E-state index in [-0.39, 0.29) is 5.95 Å². The minimum atomic E-state index is 0.154. The number of aromatic amines is 1. The van der Waals surface area contributed by atoms with Gasteiger partial charge in [-0.05, 0) is 40.5 Å². The van der Waals surface area contributed by atoms with Crippen molar-refractivity contribution in [2.24, 2.45) is 0 Å². The first-order valence-electron chi connectivity index (χ1n) is 5.74. The molecule has 0 fully saturated rings. The van der Waals surface area contributed by atoms with Crippen LogP contribution < -0.4 is 11.1 Å². The standard InChI is InChI=1S/C12H10BrClN6/c1-5-2-6(13)8(3-7(5)14)18-11-9-10(17-4-16-9)19-12(15)20-11/h2-4H,1H3,(H4,15,16,17,18,19,20). The van der Waals surface area contributed by atoms with Crippen molar-refractivity contribution in [3.8, 4) is 0 Å². The van der Waals surface area contributed by atoms with Crippen molar-refractivity contribution in [1.82, 2.24) is 19.9 Å². The van der Waals surface area contributed by atoms with E-state index in [1.165, 1.54) is 0 Å². The average Bonchev–Trinajstić information content (AvgIpc) is 2.84. The molecule has 0 unspecified atom stereocenters. The number of aryl methyl sites for hydroxylation is 1. The first kappa shape index (κ1) is 13.1. The van der Waals surface area contributed by atoms with Gasteiger partial charge < -0.3 is 16.0 Å². The fourth-order valence-electron chi connectivity index (χ4n) is 1.81. The number of aromatic nitrogens is 4. The number of hydrogen-bond donors (Lipinski definition) is 3. The molecule has 2 aromatic heterocycles. The largest absolute Gasteiger partial charge is 0.368 e. The summed E-state index contributed by atoms with van der Waals surface area (Å²) < 4.78 is 0.879. The zero-order chi connectivity index (χ0) is 14.3. The minimum absolute atomic E-state index is 0.154. The zero-order valence-electron chi connectivity index (χ0n) is 10.4. The van der Waals surface area contributed by atoms with E-state index in [0.29, 0.717) is 22.0 Å². The van der Waals surface area contributed by atoms with Crippen molar-refractivity contribution in [2.45, 2.75) is 6.92 Å². The molecule has 3 aromatic rings. The van der Waals surface area contributed by atoms with Crippen LogP contribution in [0, 0.1) is 6.92 Å². The predicted octanol–water partition coefficient (Wildman–Crippen LogP) is 3.40. The van der Waals surface area contributed by atoms with Gasteiger partial charge in [-0.1, -0.05) is 11.6 Å². The van der Waals surface area contributed by atoms with Crippen molar-refractivity contribution in [3.05, 3.63) is 33.5 Å². The Labute approximate surface area is 127 Å². The third-order valence-corrected chi connectivity index (χ3v) is 3.87. The van der Waals surface area contributed by atoms with Crippen LogP contribution in [0.1, 0.15) is 5.56 Å². The lowest BCUT2D eigenvalue weighted by atomic mass is 10.2. The number of H-pyrrole nitrogens is 1. The molecule has 0 bridgehead atoms. The number of hydrogen-bond acceptors (Lipinski definition) is 5. The molecule has 0 aliphatic carbocycles. The zero-order valence-corrected chi connectivity index (χ0v) is 12.7. The van der Waals surface area contributed by atoms with Crippen LogP contribution >= 0.6 is 27.5 Å². The van der Waals surface area contributed by atoms with Gasteiger partial charge in [-0.2, -0.15) is 9.97 Å². The molecule has 0 aliphatic heterocycles. The summed E-state index contributed by atoms with van der Waals surface area (Å²) in [6.07, 6.45) is 1.54. The van der Waals surface area contributed by atoms with Gasteiger partial charge in [0, 0.05) is 9.50 Å². The summed E-state index contributed by atoms with van der Waals surface area (Å²) in [5, 5.41) is 3.84. The first-order chi connectivity index (χ1) is 9.54. The van der Waals surface area contributed by atoms with Crippen LogP contribution in [0.15, 0.2) is 22.9 Å². The first-order valence-corrected chi connectivity index (χ1v) is 6.91. The Morgan fingerprint density at radius 1 is 1.35 bits per heavy atom. The lowest BCUT2D eigenvalue weighted by Gasteiger charge is -2.10. The van der Waals surface area contributed by atoms with Crippen molar-refractivity contribution < 1.29 is 0 Å². The van der Waals surface area contributed by atoms with Crippen LogP contribution in [0.5, 0.6) is 0 Å². The van der Waals surface area contributed by atoms with Gasteiger partial charge in [-0.3, -0.25) is 0 Å². The third-order valence-electron chi connectivity index (χ3n) is 2.80. The van der Waals surface area contributed by atoms with Gasteiger partial charge in [-0.15, -0.1) is 0 Å². The quantitative estimate of drug-likeness (QED) is 0.656. The maximum Gasteiger partial charge on any atom is 0.224 e. The highest BCUT2D eigenvalue weighted by Gasteiger charge is 2.11. The molecule has 4 N–H and O–H groups in total. The Hall–Kier alpha value is -1.86. The van der Waals surface area contributed by atoms with E-state index in [9.17, 15) is 0 Å². The topological polar surface area (TPSA) is 92.5 Å². The SMILES string of the molecule is Cc1cc(Br)c(Nc2nc(N)nc3nc[nH]c23)cc1Cl. The summed E-state index contributed by atoms with van der Waals surface area (Å²) in [4.78, 5) is 15.3. The number of nitrogens with zero attached hydrogens (tertiary/aromatic N) is 3. The van der Waals surface area contributed by atoms with E-state index in [0.717, 1.165) is 15.7 Å². The second-order valence-corrected chi connectivity index (χ2v) is 5.50. The van der Waals surface area contributed by atoms with Crippen LogP contribution in [0.25, 0.3) is 11.2 Å². The molecule has 0 radical (unpaired) electrons. The smallest absolute Gasteiger partial charge is 0.224 e. The number of benzene rings is 1. The van der Waals surface area contributed by atoms with Crippen molar-refractivity contribution in [1.29, 1.82) is 0 Å². The van der Waals surface area contributed by atoms with Gasteiger partial charge in [0.25, 0.3) is 0 Å². The van der Waals surface area contributed by atoms with Crippen molar-refractivity contribution in [3.63, 3.8) is 0 Å². The summed E-state index contributed by atoms with van der Waals surface area (Å²) >= 11 is 9.63. The summed E-state index contributed by atoms with van der Waals surface area (Å²) in [6, 6.07) is 3.75. The third kappa shape index (κ3) is 2.30. The van der Waals surface area contributed by atoms with E-state index in [2.05, 4.69) is 41.2 Å². The molecule has 6 nitrogen and oxygen atoms in total. The highest BCUT2D eigenvalue weighted by atomic mass is 79.9. The Bertz CT molecular complexity index is 800. The number of halogens is 2. The average molecular weight is 354 g/mol. The van der Waals surface area contributed by atoms with Crippen LogP contribution in [-0.2, 0) is 0 Å². The summed E-state index contributed by atoms with van der Waals surface area (Å²) in [7, 11) is 0. The molecule has 0 saturated heterocycles. The second-order valence-electron chi connectivity index (χ2n) is 4.24. The maximum atomic E-state index is 6.14. The second kappa shape index (κ2) is 4.92. The molecule has 0 saturated carbocycles. The van der Waals surface area contributed by atoms with Gasteiger partial charge in [-0.25, -0.2) is 4.98 Å². The number of nitrogens with one attached hydrogen (secondary N) is 2. The molecule has 3 rings (SSSR count). The van der Waals surface area contributed by atoms with E-state index in [4.69, 9.17) is 17.3 Å². The number of anilines is 3. The van der Waals surface area contributed by atoms with E-state index in [1.54, 1.807) is 6.33 Å². The van der Waals surface area contributed by atoms with Crippen LogP contribution in [-0.4, -0.2) is 19.9 Å². The van der Waals surface area contributed by atoms with Crippen molar-refractivity contribution in [2.75, 3.05) is 11.1 Å². The van der Waals surface area contributed by atoms with Crippen molar-refractivity contribution >= 4 is 56.1 Å². The fourth-order valence-corrected chi connectivity index (χ4v) is 2.53. The monoisotopic (exact) mass is 352 g/mol. The summed E-state index contributed by atoms with van der Waals surface area (Å²) in [6.45, 7) is 1.94. The van der Waals surface area contributed by atoms with Crippen LogP contribution in [0.4, 0.5) is 17.5 Å². The fraction of sp³-hybridized carbons (Fsp3) is 0.0833. The summed E-state index contributed by atoms with van der Waals surface area (Å²) in [5.41, 5.74) is 8.64. The maximum absolute atomic E-state index is 6.14. The number of nitrogen functional groups attached to an aromatic ring is 1. The number of imidazole rings is 1. The molecule has 0 amide bonds. The lowest BCUT2D eigenvalue weighted by molar-refractivity contribution is 1.21. The molecule has 2 heterocycles. The van der Waals surface area contributed by atoms with Crippen LogP contribution in [0.2, 0.25) is 5.02 Å². The Morgan fingerprint density at radius 2 is 2.15 bits per heavy atom. The van der Waals surface area contributed by atoms with Crippen LogP contribution in [0.3, 0.4) is 0 Å². The molecular weight excluding hydrogens is 344 g/mol. The number of fused-ring (bicyclic) bond motifs is 1. The molecular formula is C12H10BrClN6. The minimum Gasteiger partial charge on any atom is -0.368 e. The Balaban J connectivity index is 2.09. The highest BCUT2D eigenvalue weighted by Crippen LogP contribution is 2.32. The molecule has 0 aliphatic rings. The highest BCUT2D eigenvalue weighted by molar-refractivity contribution is 9.10. The van der Waals surface area contributed by atoms with Gasteiger partial charge in [0.1, 0.15) is 5.52 Å². The molecule has 102 valence electrons.